The quantitative estimate of drug-likeness (QED) is 0.542. The van der Waals surface area contributed by atoms with E-state index in [-0.39, 0.29) is 15.2 Å². The third-order valence-electron chi connectivity index (χ3n) is 4.25. The average molecular weight is 364 g/mol. The van der Waals surface area contributed by atoms with E-state index in [1.807, 2.05) is 6.07 Å². The zero-order valence-electron chi connectivity index (χ0n) is 14.3. The summed E-state index contributed by atoms with van der Waals surface area (Å²) in [6.45, 7) is 0.622. The van der Waals surface area contributed by atoms with E-state index in [1.165, 1.54) is 6.33 Å². The van der Waals surface area contributed by atoms with Crippen LogP contribution in [0.4, 0.5) is 0 Å². The Hall–Kier alpha value is -3.86. The van der Waals surface area contributed by atoms with Crippen molar-refractivity contribution >= 4 is 16.9 Å². The van der Waals surface area contributed by atoms with Crippen molar-refractivity contribution in [3.8, 4) is 17.3 Å². The zero-order valence-corrected chi connectivity index (χ0v) is 14.3. The van der Waals surface area contributed by atoms with Crippen LogP contribution in [0.3, 0.4) is 0 Å². The third-order valence-corrected chi connectivity index (χ3v) is 4.25. The van der Waals surface area contributed by atoms with E-state index in [0.29, 0.717) is 24.5 Å². The summed E-state index contributed by atoms with van der Waals surface area (Å²) in [5, 5.41) is 9.77. The summed E-state index contributed by atoms with van der Waals surface area (Å²) < 4.78 is 5.34. The Balaban J connectivity index is 0.00000150. The molecule has 1 amide bonds. The van der Waals surface area contributed by atoms with Crippen LogP contribution in [0.2, 0.25) is 0 Å². The van der Waals surface area contributed by atoms with Gasteiger partial charge in [-0.15, -0.1) is 0 Å². The maximum absolute atomic E-state index is 12.9. The van der Waals surface area contributed by atoms with Gasteiger partial charge >= 0.3 is 0 Å². The lowest BCUT2D eigenvalue weighted by Crippen LogP contribution is -2.31. The molecule has 0 bridgehead atoms. The molecule has 0 spiro atoms. The molecule has 0 aromatic carbocycles. The van der Waals surface area contributed by atoms with Gasteiger partial charge in [-0.05, 0) is 24.3 Å². The highest BCUT2D eigenvalue weighted by atomic mass is 16.3. The van der Waals surface area contributed by atoms with E-state index < -0.39 is 0 Å². The maximum Gasteiger partial charge on any atom is 0.270 e. The molecule has 0 saturated carbocycles. The lowest BCUT2D eigenvalue weighted by molar-refractivity contribution is 0.0730. The maximum atomic E-state index is 12.9. The van der Waals surface area contributed by atoms with Crippen LogP contribution < -0.4 is 0 Å². The smallest absolute Gasteiger partial charge is 0.270 e. The van der Waals surface area contributed by atoms with Crippen molar-refractivity contribution < 1.29 is 12.1 Å². The molecule has 4 aromatic heterocycles. The first-order valence-corrected chi connectivity index (χ1v) is 8.42. The number of furan rings is 1. The fourth-order valence-corrected chi connectivity index (χ4v) is 2.96. The number of aromatic nitrogens is 4. The predicted molar refractivity (Wildman–Crippen MR) is 102 cm³/mol. The minimum Gasteiger partial charge on any atom is -0.467 e. The molecule has 0 atom stereocenters. The van der Waals surface area contributed by atoms with E-state index in [0.717, 1.165) is 22.3 Å². The van der Waals surface area contributed by atoms with Crippen LogP contribution in [0.25, 0.3) is 22.3 Å². The Kier molecular flexibility index (Phi) is 4.41. The number of hydrogen-bond acceptors (Lipinski definition) is 5. The van der Waals surface area contributed by atoms with Crippen molar-refractivity contribution in [2.24, 2.45) is 0 Å². The van der Waals surface area contributed by atoms with Crippen LogP contribution in [0.5, 0.6) is 0 Å². The van der Waals surface area contributed by atoms with Gasteiger partial charge in [0.2, 0.25) is 0 Å². The summed E-state index contributed by atoms with van der Waals surface area (Å²) in [7, 11) is 0. The average Bonchev–Trinajstić information content (AvgIpc) is 3.45. The van der Waals surface area contributed by atoms with E-state index in [1.54, 1.807) is 41.8 Å². The Morgan fingerprint density at radius 1 is 1.33 bits per heavy atom. The van der Waals surface area contributed by atoms with Gasteiger partial charge < -0.3 is 19.3 Å². The van der Waals surface area contributed by atoms with Crippen molar-refractivity contribution in [1.82, 2.24) is 24.8 Å². The topological polar surface area (TPSA) is 115 Å². The van der Waals surface area contributed by atoms with E-state index in [4.69, 9.17) is 9.68 Å². The Morgan fingerprint density at radius 3 is 3.07 bits per heavy atom. The molecule has 138 valence electrons. The predicted octanol–water partition coefficient (Wildman–Crippen LogP) is 3.59. The van der Waals surface area contributed by atoms with Gasteiger partial charge in [-0.25, -0.2) is 9.97 Å². The van der Waals surface area contributed by atoms with Crippen molar-refractivity contribution in [1.29, 1.82) is 5.26 Å². The largest absolute Gasteiger partial charge is 0.467 e. The number of nitriles is 1. The number of carbonyl (C=O) groups excluding carboxylic acids is 1. The minimum absolute atomic E-state index is 0. The van der Waals surface area contributed by atoms with Crippen LogP contribution in [0, 0.1) is 11.3 Å². The number of hydrogen-bond donors (Lipinski definition) is 2. The fraction of sp³-hybridized carbons (Fsp3) is 0.158. The summed E-state index contributed by atoms with van der Waals surface area (Å²) in [5.74, 6) is 0.463. The van der Waals surface area contributed by atoms with Crippen molar-refractivity contribution in [3.63, 3.8) is 0 Å². The van der Waals surface area contributed by atoms with Crippen LogP contribution in [0.15, 0.2) is 53.7 Å². The molecule has 8 heteroatoms. The van der Waals surface area contributed by atoms with Crippen molar-refractivity contribution in [2.45, 2.75) is 13.0 Å². The summed E-state index contributed by atoms with van der Waals surface area (Å²) in [6, 6.07) is 9.31. The highest BCUT2D eigenvalue weighted by molar-refractivity contribution is 5.96. The molecule has 0 saturated heterocycles. The van der Waals surface area contributed by atoms with E-state index >= 15 is 0 Å². The van der Waals surface area contributed by atoms with Gasteiger partial charge in [0.15, 0.2) is 0 Å². The SMILES string of the molecule is N#CCCN(Cc1ccco1)C(=O)c1cc(-c2ncnc3[nH]ccc23)c[nH]1.[HH].[HH]. The molecule has 4 rings (SSSR count). The van der Waals surface area contributed by atoms with Crippen LogP contribution >= 0.6 is 0 Å². The highest BCUT2D eigenvalue weighted by Crippen LogP contribution is 2.25. The number of nitrogens with one attached hydrogen (secondary N) is 2. The van der Waals surface area contributed by atoms with Crippen LogP contribution in [-0.2, 0) is 6.54 Å². The van der Waals surface area contributed by atoms with Gasteiger partial charge in [0, 0.05) is 32.7 Å². The Morgan fingerprint density at radius 2 is 2.26 bits per heavy atom. The number of H-pyrrole nitrogens is 2. The van der Waals surface area contributed by atoms with Crippen LogP contribution in [0.1, 0.15) is 25.5 Å². The lowest BCUT2D eigenvalue weighted by atomic mass is 10.1. The second kappa shape index (κ2) is 7.17. The highest BCUT2D eigenvalue weighted by Gasteiger charge is 2.20. The fourth-order valence-electron chi connectivity index (χ4n) is 2.96. The molecule has 0 aliphatic carbocycles. The first kappa shape index (κ1) is 16.6. The van der Waals surface area contributed by atoms with Crippen molar-refractivity contribution in [2.75, 3.05) is 6.54 Å². The molecular weight excluding hydrogens is 344 g/mol. The van der Waals surface area contributed by atoms with Crippen LogP contribution in [-0.4, -0.2) is 37.3 Å². The standard InChI is InChI=1S/C19H16N6O2.2H2/c20-5-2-7-25(11-14-3-1-8-27-14)19(26)16-9-13(10-22-16)17-15-4-6-21-18(15)24-12-23-17;;/h1,3-4,6,8-10,12,22H,2,7,11H2,(H,21,23,24);2*1H. The second-order valence-corrected chi connectivity index (χ2v) is 5.98. The molecule has 8 nitrogen and oxygen atoms in total. The molecule has 0 radical (unpaired) electrons. The molecule has 4 heterocycles. The second-order valence-electron chi connectivity index (χ2n) is 5.98. The Labute approximate surface area is 157 Å². The first-order chi connectivity index (χ1) is 13.3. The Bertz CT molecular complexity index is 1110. The number of aromatic amines is 2. The third kappa shape index (κ3) is 3.30. The summed E-state index contributed by atoms with van der Waals surface area (Å²) >= 11 is 0. The molecule has 0 fully saturated rings. The number of carbonyl (C=O) groups is 1. The number of nitrogens with zero attached hydrogens (tertiary/aromatic N) is 4. The van der Waals surface area contributed by atoms with Gasteiger partial charge in [-0.3, -0.25) is 4.79 Å². The lowest BCUT2D eigenvalue weighted by Gasteiger charge is -2.19. The summed E-state index contributed by atoms with van der Waals surface area (Å²) in [6.07, 6.45) is 6.84. The molecule has 0 unspecified atom stereocenters. The molecule has 4 aromatic rings. The number of fused-ring (bicyclic) bond motifs is 1. The molecule has 2 N–H and O–H groups in total. The van der Waals surface area contributed by atoms with Gasteiger partial charge in [-0.1, -0.05) is 0 Å². The van der Waals surface area contributed by atoms with E-state index in [9.17, 15) is 4.79 Å². The molecule has 27 heavy (non-hydrogen) atoms. The molecular formula is C19H20N6O2. The zero-order chi connectivity index (χ0) is 18.6. The first-order valence-electron chi connectivity index (χ1n) is 8.42. The van der Waals surface area contributed by atoms with Crippen molar-refractivity contribution in [3.05, 3.63) is 60.7 Å². The summed E-state index contributed by atoms with van der Waals surface area (Å²) in [4.78, 5) is 29.1. The number of amides is 1. The van der Waals surface area contributed by atoms with Gasteiger partial charge in [0.1, 0.15) is 23.4 Å². The van der Waals surface area contributed by atoms with Gasteiger partial charge in [0.05, 0.1) is 31.0 Å². The minimum atomic E-state index is -0.202. The summed E-state index contributed by atoms with van der Waals surface area (Å²) in [5.41, 5.74) is 2.70. The molecule has 0 aliphatic rings. The van der Waals surface area contributed by atoms with E-state index in [2.05, 4.69) is 26.0 Å². The van der Waals surface area contributed by atoms with Gasteiger partial charge in [-0.2, -0.15) is 5.26 Å². The molecule has 0 aliphatic heterocycles. The monoisotopic (exact) mass is 364 g/mol. The number of rotatable bonds is 6. The van der Waals surface area contributed by atoms with Gasteiger partial charge in [0.25, 0.3) is 5.91 Å². The normalized spacial score (nSPS) is 10.8.